The standard InChI is InChI=1S/C20H24N4O2/c1-14-6-9-23(10-7-14)20-17-13-16(22-24(17)11-8-21-20)15-4-5-18(25-2)19(12-15)26-3/h4-5,8,11-14H,6-7,9-10H2,1-3H3. The van der Waals surface area contributed by atoms with Crippen LogP contribution in [0.1, 0.15) is 19.8 Å². The zero-order valence-electron chi connectivity index (χ0n) is 15.5. The SMILES string of the molecule is COc1ccc(-c2cc3c(N4CCC(C)CC4)nccn3n2)cc1OC. The van der Waals surface area contributed by atoms with E-state index < -0.39 is 0 Å². The second kappa shape index (κ2) is 6.86. The van der Waals surface area contributed by atoms with Crippen LogP contribution in [0.5, 0.6) is 11.5 Å². The largest absolute Gasteiger partial charge is 0.493 e. The molecule has 2 aromatic heterocycles. The fourth-order valence-corrected chi connectivity index (χ4v) is 3.51. The molecule has 4 rings (SSSR count). The summed E-state index contributed by atoms with van der Waals surface area (Å²) in [5.41, 5.74) is 2.92. The molecule has 0 radical (unpaired) electrons. The number of benzene rings is 1. The van der Waals surface area contributed by atoms with Crippen molar-refractivity contribution < 1.29 is 9.47 Å². The number of fused-ring (bicyclic) bond motifs is 1. The van der Waals surface area contributed by atoms with Gasteiger partial charge in [-0.15, -0.1) is 0 Å². The maximum atomic E-state index is 5.42. The van der Waals surface area contributed by atoms with Crippen LogP contribution in [0, 0.1) is 5.92 Å². The summed E-state index contributed by atoms with van der Waals surface area (Å²) in [6.07, 6.45) is 6.14. The predicted molar refractivity (Wildman–Crippen MR) is 102 cm³/mol. The van der Waals surface area contributed by atoms with Gasteiger partial charge in [-0.2, -0.15) is 5.10 Å². The van der Waals surface area contributed by atoms with Gasteiger partial charge in [-0.1, -0.05) is 6.92 Å². The van der Waals surface area contributed by atoms with Crippen molar-refractivity contribution in [2.45, 2.75) is 19.8 Å². The van der Waals surface area contributed by atoms with Gasteiger partial charge in [0.15, 0.2) is 17.3 Å². The maximum Gasteiger partial charge on any atom is 0.161 e. The number of piperidine rings is 1. The van der Waals surface area contributed by atoms with Gasteiger partial charge >= 0.3 is 0 Å². The lowest BCUT2D eigenvalue weighted by Gasteiger charge is -2.31. The van der Waals surface area contributed by atoms with Crippen LogP contribution in [0.15, 0.2) is 36.7 Å². The topological polar surface area (TPSA) is 51.9 Å². The van der Waals surface area contributed by atoms with Crippen LogP contribution in [-0.2, 0) is 0 Å². The first-order chi connectivity index (χ1) is 12.7. The Morgan fingerprint density at radius 3 is 2.54 bits per heavy atom. The summed E-state index contributed by atoms with van der Waals surface area (Å²) in [7, 11) is 3.28. The summed E-state index contributed by atoms with van der Waals surface area (Å²) >= 11 is 0. The molecule has 1 aliphatic rings. The van der Waals surface area contributed by atoms with E-state index in [1.54, 1.807) is 14.2 Å². The minimum absolute atomic E-state index is 0.699. The van der Waals surface area contributed by atoms with Gasteiger partial charge < -0.3 is 14.4 Å². The minimum atomic E-state index is 0.699. The zero-order valence-corrected chi connectivity index (χ0v) is 15.5. The fraction of sp³-hybridized carbons (Fsp3) is 0.400. The van der Waals surface area contributed by atoms with Gasteiger partial charge in [0.2, 0.25) is 0 Å². The lowest BCUT2D eigenvalue weighted by atomic mass is 9.99. The van der Waals surface area contributed by atoms with Gasteiger partial charge in [0.05, 0.1) is 19.9 Å². The van der Waals surface area contributed by atoms with E-state index in [1.807, 2.05) is 35.1 Å². The van der Waals surface area contributed by atoms with E-state index in [2.05, 4.69) is 22.9 Å². The summed E-state index contributed by atoms with van der Waals surface area (Å²) in [5, 5.41) is 4.74. The van der Waals surface area contributed by atoms with E-state index in [0.717, 1.165) is 41.6 Å². The van der Waals surface area contributed by atoms with Crippen LogP contribution < -0.4 is 14.4 Å². The summed E-state index contributed by atoms with van der Waals surface area (Å²) < 4.78 is 12.7. The lowest BCUT2D eigenvalue weighted by Crippen LogP contribution is -2.33. The number of aromatic nitrogens is 3. The number of hydrogen-bond donors (Lipinski definition) is 0. The Hall–Kier alpha value is -2.76. The van der Waals surface area contributed by atoms with Gasteiger partial charge in [0.1, 0.15) is 5.52 Å². The molecule has 0 unspecified atom stereocenters. The summed E-state index contributed by atoms with van der Waals surface area (Å²) in [6, 6.07) is 7.96. The first-order valence-electron chi connectivity index (χ1n) is 9.01. The third-order valence-corrected chi connectivity index (χ3v) is 5.13. The number of nitrogens with zero attached hydrogens (tertiary/aromatic N) is 4. The molecule has 0 N–H and O–H groups in total. The Morgan fingerprint density at radius 1 is 1.04 bits per heavy atom. The lowest BCUT2D eigenvalue weighted by molar-refractivity contribution is 0.355. The van der Waals surface area contributed by atoms with Crippen molar-refractivity contribution in [3.05, 3.63) is 36.7 Å². The normalized spacial score (nSPS) is 15.4. The smallest absolute Gasteiger partial charge is 0.161 e. The number of methoxy groups -OCH3 is 2. The van der Waals surface area contributed by atoms with Crippen LogP contribution >= 0.6 is 0 Å². The molecule has 6 nitrogen and oxygen atoms in total. The van der Waals surface area contributed by atoms with E-state index in [4.69, 9.17) is 14.6 Å². The molecule has 26 heavy (non-hydrogen) atoms. The molecule has 3 heterocycles. The number of hydrogen-bond acceptors (Lipinski definition) is 5. The molecule has 1 aliphatic heterocycles. The Labute approximate surface area is 153 Å². The van der Waals surface area contributed by atoms with Gasteiger partial charge in [0, 0.05) is 31.0 Å². The molecule has 6 heteroatoms. The van der Waals surface area contributed by atoms with Crippen LogP contribution in [0.4, 0.5) is 5.82 Å². The highest BCUT2D eigenvalue weighted by Crippen LogP contribution is 2.33. The quantitative estimate of drug-likeness (QED) is 0.717. The first kappa shape index (κ1) is 16.7. The average Bonchev–Trinajstić information content (AvgIpc) is 3.12. The highest BCUT2D eigenvalue weighted by Gasteiger charge is 2.20. The number of rotatable bonds is 4. The van der Waals surface area contributed by atoms with E-state index >= 15 is 0 Å². The highest BCUT2D eigenvalue weighted by atomic mass is 16.5. The van der Waals surface area contributed by atoms with Crippen LogP contribution in [-0.4, -0.2) is 41.9 Å². The summed E-state index contributed by atoms with van der Waals surface area (Å²) in [6.45, 7) is 4.41. The molecule has 0 bridgehead atoms. The molecule has 0 spiro atoms. The van der Waals surface area contributed by atoms with Crippen molar-refractivity contribution in [1.29, 1.82) is 0 Å². The Kier molecular flexibility index (Phi) is 4.41. The first-order valence-corrected chi connectivity index (χ1v) is 9.01. The molecule has 0 saturated carbocycles. The molecule has 1 saturated heterocycles. The van der Waals surface area contributed by atoms with Crippen LogP contribution in [0.3, 0.4) is 0 Å². The van der Waals surface area contributed by atoms with E-state index in [9.17, 15) is 0 Å². The highest BCUT2D eigenvalue weighted by molar-refractivity contribution is 5.76. The number of ether oxygens (including phenoxy) is 2. The predicted octanol–water partition coefficient (Wildman–Crippen LogP) is 3.65. The fourth-order valence-electron chi connectivity index (χ4n) is 3.51. The average molecular weight is 352 g/mol. The van der Waals surface area contributed by atoms with E-state index in [-0.39, 0.29) is 0 Å². The van der Waals surface area contributed by atoms with Gasteiger partial charge in [-0.25, -0.2) is 9.50 Å². The van der Waals surface area contributed by atoms with Crippen molar-refractivity contribution in [1.82, 2.24) is 14.6 Å². The van der Waals surface area contributed by atoms with Crippen LogP contribution in [0.25, 0.3) is 16.8 Å². The molecule has 1 fully saturated rings. The van der Waals surface area contributed by atoms with Gasteiger partial charge in [-0.3, -0.25) is 0 Å². The molecule has 0 amide bonds. The van der Waals surface area contributed by atoms with Crippen molar-refractivity contribution in [2.24, 2.45) is 5.92 Å². The molecule has 3 aromatic rings. The summed E-state index contributed by atoms with van der Waals surface area (Å²) in [4.78, 5) is 7.01. The van der Waals surface area contributed by atoms with Crippen LogP contribution in [0.2, 0.25) is 0 Å². The molecular weight excluding hydrogens is 328 g/mol. The third-order valence-electron chi connectivity index (χ3n) is 5.13. The van der Waals surface area contributed by atoms with Crippen molar-refractivity contribution in [2.75, 3.05) is 32.2 Å². The monoisotopic (exact) mass is 352 g/mol. The van der Waals surface area contributed by atoms with Crippen molar-refractivity contribution >= 4 is 11.3 Å². The molecular formula is C20H24N4O2. The third kappa shape index (κ3) is 2.96. The molecule has 1 aromatic carbocycles. The van der Waals surface area contributed by atoms with Crippen molar-refractivity contribution in [3.8, 4) is 22.8 Å². The maximum absolute atomic E-state index is 5.42. The molecule has 0 aliphatic carbocycles. The van der Waals surface area contributed by atoms with E-state index in [1.165, 1.54) is 12.8 Å². The van der Waals surface area contributed by atoms with Gasteiger partial charge in [0.25, 0.3) is 0 Å². The number of anilines is 1. The second-order valence-corrected chi connectivity index (χ2v) is 6.85. The summed E-state index contributed by atoms with van der Waals surface area (Å²) in [5.74, 6) is 3.21. The minimum Gasteiger partial charge on any atom is -0.493 e. The molecule has 0 atom stereocenters. The zero-order chi connectivity index (χ0) is 18.1. The van der Waals surface area contributed by atoms with Crippen molar-refractivity contribution in [3.63, 3.8) is 0 Å². The molecule has 136 valence electrons. The Bertz CT molecular complexity index is 913. The van der Waals surface area contributed by atoms with Gasteiger partial charge in [-0.05, 0) is 43.0 Å². The Morgan fingerprint density at radius 2 is 1.81 bits per heavy atom. The Balaban J connectivity index is 1.73. The second-order valence-electron chi connectivity index (χ2n) is 6.85. The van der Waals surface area contributed by atoms with E-state index in [0.29, 0.717) is 11.5 Å².